The van der Waals surface area contributed by atoms with Gasteiger partial charge < -0.3 is 9.88 Å². The maximum absolute atomic E-state index is 11.9. The summed E-state index contributed by atoms with van der Waals surface area (Å²) >= 11 is 0. The van der Waals surface area contributed by atoms with Crippen molar-refractivity contribution in [1.29, 1.82) is 0 Å². The lowest BCUT2D eigenvalue weighted by Gasteiger charge is -2.08. The number of nitrogens with zero attached hydrogens (tertiary/aromatic N) is 1. The largest absolute Gasteiger partial charge is 0.347 e. The van der Waals surface area contributed by atoms with Gasteiger partial charge in [-0.25, -0.2) is 0 Å². The Hall–Kier alpha value is -2.03. The Kier molecular flexibility index (Phi) is 2.77. The number of hydrogen-bond acceptors (Lipinski definition) is 1. The van der Waals surface area contributed by atoms with Crippen LogP contribution in [-0.2, 0) is 7.05 Å². The molecule has 0 saturated carbocycles. The maximum atomic E-state index is 11.9. The lowest BCUT2D eigenvalue weighted by atomic mass is 10.2. The van der Waals surface area contributed by atoms with E-state index in [-0.39, 0.29) is 5.91 Å². The lowest BCUT2D eigenvalue weighted by molar-refractivity contribution is 0.101. The van der Waals surface area contributed by atoms with Crippen molar-refractivity contribution < 1.29 is 4.79 Å². The number of rotatable bonds is 2. The minimum atomic E-state index is -0.0817. The van der Waals surface area contributed by atoms with E-state index in [0.717, 1.165) is 11.3 Å². The van der Waals surface area contributed by atoms with E-state index >= 15 is 0 Å². The molecule has 2 rings (SSSR count). The monoisotopic (exact) mass is 214 g/mol. The number of aryl methyl sites for hydroxylation is 2. The minimum absolute atomic E-state index is 0.0817. The Morgan fingerprint density at radius 2 is 1.94 bits per heavy atom. The molecule has 0 unspecified atom stereocenters. The molecule has 0 aliphatic heterocycles. The Balaban J connectivity index is 2.21. The average molecular weight is 214 g/mol. The van der Waals surface area contributed by atoms with Crippen LogP contribution < -0.4 is 5.32 Å². The van der Waals surface area contributed by atoms with Crippen molar-refractivity contribution in [2.75, 3.05) is 5.32 Å². The molecule has 0 atom stereocenters. The fourth-order valence-electron chi connectivity index (χ4n) is 1.60. The molecule has 0 radical (unpaired) electrons. The molecule has 16 heavy (non-hydrogen) atoms. The number of carbonyl (C=O) groups is 1. The van der Waals surface area contributed by atoms with Crippen molar-refractivity contribution in [1.82, 2.24) is 4.57 Å². The number of nitrogens with one attached hydrogen (secondary N) is 1. The van der Waals surface area contributed by atoms with Crippen LogP contribution in [0.1, 0.15) is 16.1 Å². The van der Waals surface area contributed by atoms with Crippen LogP contribution in [0.25, 0.3) is 0 Å². The number of para-hydroxylation sites is 1. The van der Waals surface area contributed by atoms with Gasteiger partial charge in [0.05, 0.1) is 0 Å². The van der Waals surface area contributed by atoms with Crippen LogP contribution >= 0.6 is 0 Å². The summed E-state index contributed by atoms with van der Waals surface area (Å²) in [5.74, 6) is -0.0817. The first-order valence-electron chi connectivity index (χ1n) is 5.17. The van der Waals surface area contributed by atoms with Crippen LogP contribution in [0.15, 0.2) is 42.6 Å². The molecule has 0 bridgehead atoms. The molecular formula is C13H14N2O. The second-order valence-electron chi connectivity index (χ2n) is 3.77. The Morgan fingerprint density at radius 3 is 2.56 bits per heavy atom. The van der Waals surface area contributed by atoms with Gasteiger partial charge >= 0.3 is 0 Å². The first kappa shape index (κ1) is 10.5. The summed E-state index contributed by atoms with van der Waals surface area (Å²) in [5, 5.41) is 2.89. The van der Waals surface area contributed by atoms with Crippen molar-refractivity contribution in [3.05, 3.63) is 53.9 Å². The summed E-state index contributed by atoms with van der Waals surface area (Å²) in [7, 11) is 1.85. The van der Waals surface area contributed by atoms with E-state index in [1.54, 1.807) is 10.6 Å². The Morgan fingerprint density at radius 1 is 1.19 bits per heavy atom. The van der Waals surface area contributed by atoms with Gasteiger partial charge in [-0.1, -0.05) is 18.2 Å². The van der Waals surface area contributed by atoms with Gasteiger partial charge in [0.2, 0.25) is 0 Å². The molecule has 1 aromatic heterocycles. The second-order valence-corrected chi connectivity index (χ2v) is 3.77. The Labute approximate surface area is 94.7 Å². The Bertz CT molecular complexity index is 514. The van der Waals surface area contributed by atoms with E-state index < -0.39 is 0 Å². The summed E-state index contributed by atoms with van der Waals surface area (Å²) in [5.41, 5.74) is 2.57. The number of anilines is 1. The molecule has 82 valence electrons. The predicted octanol–water partition coefficient (Wildman–Crippen LogP) is 2.59. The standard InChI is InChI=1S/C13H14N2O/c1-10-6-3-4-7-11(10)14-13(16)12-8-5-9-15(12)2/h3-9H,1-2H3,(H,14,16). The lowest BCUT2D eigenvalue weighted by Crippen LogP contribution is -2.15. The third kappa shape index (κ3) is 1.98. The third-order valence-corrected chi connectivity index (χ3v) is 2.57. The molecule has 1 aromatic carbocycles. The van der Waals surface area contributed by atoms with Crippen molar-refractivity contribution in [3.8, 4) is 0 Å². The molecule has 0 aliphatic carbocycles. The first-order chi connectivity index (χ1) is 7.68. The predicted molar refractivity (Wildman–Crippen MR) is 64.5 cm³/mol. The maximum Gasteiger partial charge on any atom is 0.272 e. The van der Waals surface area contributed by atoms with E-state index in [1.165, 1.54) is 0 Å². The molecule has 0 fully saturated rings. The normalized spacial score (nSPS) is 10.1. The van der Waals surface area contributed by atoms with Crippen LogP contribution in [-0.4, -0.2) is 10.5 Å². The van der Waals surface area contributed by atoms with Crippen molar-refractivity contribution in [2.45, 2.75) is 6.92 Å². The van der Waals surface area contributed by atoms with E-state index in [9.17, 15) is 4.79 Å². The minimum Gasteiger partial charge on any atom is -0.347 e. The molecule has 1 N–H and O–H groups in total. The van der Waals surface area contributed by atoms with Gasteiger partial charge in [-0.05, 0) is 30.7 Å². The molecule has 1 amide bonds. The highest BCUT2D eigenvalue weighted by molar-refractivity contribution is 6.03. The van der Waals surface area contributed by atoms with E-state index in [4.69, 9.17) is 0 Å². The fraction of sp³-hybridized carbons (Fsp3) is 0.154. The zero-order chi connectivity index (χ0) is 11.5. The van der Waals surface area contributed by atoms with Crippen LogP contribution in [0.3, 0.4) is 0 Å². The number of aromatic nitrogens is 1. The second kappa shape index (κ2) is 4.23. The summed E-state index contributed by atoms with van der Waals surface area (Å²) in [4.78, 5) is 11.9. The summed E-state index contributed by atoms with van der Waals surface area (Å²) < 4.78 is 1.80. The molecule has 1 heterocycles. The quantitative estimate of drug-likeness (QED) is 0.819. The highest BCUT2D eigenvalue weighted by Gasteiger charge is 2.09. The number of hydrogen-bond donors (Lipinski definition) is 1. The van der Waals surface area contributed by atoms with Crippen LogP contribution in [0, 0.1) is 6.92 Å². The molecule has 3 heteroatoms. The van der Waals surface area contributed by atoms with E-state index in [0.29, 0.717) is 5.69 Å². The summed E-state index contributed by atoms with van der Waals surface area (Å²) in [6.45, 7) is 1.97. The number of benzene rings is 1. The van der Waals surface area contributed by atoms with Crippen molar-refractivity contribution in [2.24, 2.45) is 7.05 Å². The highest BCUT2D eigenvalue weighted by Crippen LogP contribution is 2.14. The first-order valence-corrected chi connectivity index (χ1v) is 5.17. The van der Waals surface area contributed by atoms with Crippen LogP contribution in [0.4, 0.5) is 5.69 Å². The van der Waals surface area contributed by atoms with Crippen LogP contribution in [0.2, 0.25) is 0 Å². The molecule has 0 saturated heterocycles. The van der Waals surface area contributed by atoms with Gasteiger partial charge in [0.15, 0.2) is 0 Å². The average Bonchev–Trinajstić information content (AvgIpc) is 2.68. The molecule has 3 nitrogen and oxygen atoms in total. The molecule has 0 spiro atoms. The molecule has 2 aromatic rings. The van der Waals surface area contributed by atoms with Gasteiger partial charge in [0, 0.05) is 18.9 Å². The zero-order valence-electron chi connectivity index (χ0n) is 9.40. The van der Waals surface area contributed by atoms with Crippen molar-refractivity contribution >= 4 is 11.6 Å². The van der Waals surface area contributed by atoms with E-state index in [1.807, 2.05) is 50.5 Å². The number of carbonyl (C=O) groups excluding carboxylic acids is 1. The van der Waals surface area contributed by atoms with Gasteiger partial charge in [0.25, 0.3) is 5.91 Å². The van der Waals surface area contributed by atoms with Gasteiger partial charge in [-0.3, -0.25) is 4.79 Å². The third-order valence-electron chi connectivity index (χ3n) is 2.57. The summed E-state index contributed by atoms with van der Waals surface area (Å²) in [6, 6.07) is 11.4. The van der Waals surface area contributed by atoms with Gasteiger partial charge in [0.1, 0.15) is 5.69 Å². The number of amides is 1. The van der Waals surface area contributed by atoms with Crippen LogP contribution in [0.5, 0.6) is 0 Å². The summed E-state index contributed by atoms with van der Waals surface area (Å²) in [6.07, 6.45) is 1.85. The molecular weight excluding hydrogens is 200 g/mol. The van der Waals surface area contributed by atoms with Gasteiger partial charge in [-0.2, -0.15) is 0 Å². The molecule has 0 aliphatic rings. The SMILES string of the molecule is Cc1ccccc1NC(=O)c1cccn1C. The highest BCUT2D eigenvalue weighted by atomic mass is 16.1. The zero-order valence-corrected chi connectivity index (χ0v) is 9.40. The topological polar surface area (TPSA) is 34.0 Å². The van der Waals surface area contributed by atoms with Gasteiger partial charge in [-0.15, -0.1) is 0 Å². The van der Waals surface area contributed by atoms with Crippen molar-refractivity contribution in [3.63, 3.8) is 0 Å². The smallest absolute Gasteiger partial charge is 0.272 e. The van der Waals surface area contributed by atoms with E-state index in [2.05, 4.69) is 5.32 Å². The fourth-order valence-corrected chi connectivity index (χ4v) is 1.60.